The van der Waals surface area contributed by atoms with Crippen LogP contribution in [-0.2, 0) is 19.1 Å². The Morgan fingerprint density at radius 2 is 1.21 bits per heavy atom. The third kappa shape index (κ3) is 9.05. The van der Waals surface area contributed by atoms with E-state index in [9.17, 15) is 19.2 Å². The molecule has 0 spiro atoms. The van der Waals surface area contributed by atoms with Gasteiger partial charge in [0.2, 0.25) is 5.91 Å². The highest BCUT2D eigenvalue weighted by Crippen LogP contribution is 2.16. The number of ether oxygens (including phenoxy) is 2. The molecule has 0 saturated carbocycles. The van der Waals surface area contributed by atoms with Gasteiger partial charge in [-0.3, -0.25) is 4.79 Å². The molecule has 0 aromatic carbocycles. The number of Topliss-reactive ketones (excluding diaryl/α,β-unsaturated/α-hetero) is 1. The molecule has 1 fully saturated rings. The molecule has 0 aliphatic carbocycles. The van der Waals surface area contributed by atoms with Crippen LogP contribution in [0.1, 0.15) is 61.3 Å². The van der Waals surface area contributed by atoms with E-state index < -0.39 is 35.5 Å². The zero-order chi connectivity index (χ0) is 21.7. The summed E-state index contributed by atoms with van der Waals surface area (Å²) in [6, 6.07) is -1.08. The molecule has 0 radical (unpaired) electrons. The van der Waals surface area contributed by atoms with Gasteiger partial charge < -0.3 is 29.8 Å². The number of alkyl carbamates (subject to hydrolysis) is 2. The molecule has 160 valence electrons. The van der Waals surface area contributed by atoms with Gasteiger partial charge in [-0.2, -0.15) is 0 Å². The molecule has 9 heteroatoms. The number of carbonyl (C=O) groups is 4. The normalized spacial score (nSPS) is 19.8. The molecule has 1 aliphatic rings. The van der Waals surface area contributed by atoms with Gasteiger partial charge in [0, 0.05) is 25.9 Å². The minimum absolute atomic E-state index is 0.0700. The second kappa shape index (κ2) is 9.25. The van der Waals surface area contributed by atoms with E-state index in [1.54, 1.807) is 41.5 Å². The SMILES string of the molecule is CC(=O)CCC(=O)N1C[C@H](NC(=O)OC(C)(C)C)[C@@H](NC(=O)OC(C)(C)C)C1. The van der Waals surface area contributed by atoms with E-state index in [1.165, 1.54) is 11.8 Å². The lowest BCUT2D eigenvalue weighted by molar-refractivity contribution is -0.132. The molecule has 0 aromatic heterocycles. The first-order valence-electron chi connectivity index (χ1n) is 9.42. The molecule has 0 unspecified atom stereocenters. The minimum atomic E-state index is -0.673. The summed E-state index contributed by atoms with van der Waals surface area (Å²) in [4.78, 5) is 49.3. The Morgan fingerprint density at radius 1 is 0.821 bits per heavy atom. The number of carbonyl (C=O) groups excluding carboxylic acids is 4. The van der Waals surface area contributed by atoms with Crippen molar-refractivity contribution in [3.05, 3.63) is 0 Å². The maximum absolute atomic E-state index is 12.4. The first kappa shape index (κ1) is 23.7. The Hall–Kier alpha value is -2.32. The van der Waals surface area contributed by atoms with Crippen LogP contribution in [0.5, 0.6) is 0 Å². The predicted octanol–water partition coefficient (Wildman–Crippen LogP) is 1.98. The average molecular weight is 399 g/mol. The molecule has 2 atom stereocenters. The van der Waals surface area contributed by atoms with Crippen molar-refractivity contribution < 1.29 is 28.7 Å². The Morgan fingerprint density at radius 3 is 1.54 bits per heavy atom. The highest BCUT2D eigenvalue weighted by Gasteiger charge is 2.38. The van der Waals surface area contributed by atoms with Crippen LogP contribution in [0.2, 0.25) is 0 Å². The van der Waals surface area contributed by atoms with Crippen LogP contribution in [0.3, 0.4) is 0 Å². The molecule has 1 aliphatic heterocycles. The van der Waals surface area contributed by atoms with Gasteiger partial charge in [0.05, 0.1) is 12.1 Å². The number of nitrogens with one attached hydrogen (secondary N) is 2. The van der Waals surface area contributed by atoms with Gasteiger partial charge in [0.25, 0.3) is 0 Å². The number of nitrogens with zero attached hydrogens (tertiary/aromatic N) is 1. The second-order valence-electron chi connectivity index (χ2n) is 9.01. The molecule has 1 rings (SSSR count). The number of likely N-dealkylation sites (tertiary alicyclic amines) is 1. The van der Waals surface area contributed by atoms with Crippen molar-refractivity contribution in [1.29, 1.82) is 0 Å². The van der Waals surface area contributed by atoms with Crippen LogP contribution >= 0.6 is 0 Å². The van der Waals surface area contributed by atoms with Gasteiger partial charge >= 0.3 is 12.2 Å². The number of hydrogen-bond acceptors (Lipinski definition) is 6. The highest BCUT2D eigenvalue weighted by molar-refractivity contribution is 5.84. The topological polar surface area (TPSA) is 114 Å². The molecule has 9 nitrogen and oxygen atoms in total. The quantitative estimate of drug-likeness (QED) is 0.731. The van der Waals surface area contributed by atoms with Gasteiger partial charge in [0.15, 0.2) is 0 Å². The van der Waals surface area contributed by atoms with Crippen LogP contribution < -0.4 is 10.6 Å². The number of ketones is 1. The fourth-order valence-corrected chi connectivity index (χ4v) is 2.66. The Bertz CT molecular complexity index is 568. The van der Waals surface area contributed by atoms with Gasteiger partial charge in [-0.25, -0.2) is 9.59 Å². The third-order valence-corrected chi connectivity index (χ3v) is 3.77. The van der Waals surface area contributed by atoms with Crippen LogP contribution in [0.15, 0.2) is 0 Å². The molecule has 0 aromatic rings. The number of rotatable bonds is 5. The molecule has 2 N–H and O–H groups in total. The van der Waals surface area contributed by atoms with Gasteiger partial charge in [0.1, 0.15) is 17.0 Å². The average Bonchev–Trinajstić information content (AvgIpc) is 2.83. The summed E-state index contributed by atoms with van der Waals surface area (Å²) < 4.78 is 10.5. The van der Waals surface area contributed by atoms with Crippen molar-refractivity contribution in [2.45, 2.75) is 84.6 Å². The van der Waals surface area contributed by atoms with Crippen molar-refractivity contribution in [2.24, 2.45) is 0 Å². The van der Waals surface area contributed by atoms with E-state index in [2.05, 4.69) is 10.6 Å². The summed E-state index contributed by atoms with van der Waals surface area (Å²) in [6.45, 7) is 12.3. The lowest BCUT2D eigenvalue weighted by atomic mass is 10.1. The smallest absolute Gasteiger partial charge is 0.408 e. The first-order chi connectivity index (χ1) is 12.7. The summed E-state index contributed by atoms with van der Waals surface area (Å²) in [5, 5.41) is 5.42. The number of amides is 3. The Balaban J connectivity index is 2.81. The van der Waals surface area contributed by atoms with E-state index in [-0.39, 0.29) is 37.6 Å². The van der Waals surface area contributed by atoms with Crippen LogP contribution in [0, 0.1) is 0 Å². The summed E-state index contributed by atoms with van der Waals surface area (Å²) in [6.07, 6.45) is -1.02. The summed E-state index contributed by atoms with van der Waals surface area (Å²) in [5.41, 5.74) is -1.35. The van der Waals surface area contributed by atoms with E-state index in [1.807, 2.05) is 0 Å². The molecule has 28 heavy (non-hydrogen) atoms. The third-order valence-electron chi connectivity index (χ3n) is 3.77. The van der Waals surface area contributed by atoms with E-state index >= 15 is 0 Å². The highest BCUT2D eigenvalue weighted by atomic mass is 16.6. The van der Waals surface area contributed by atoms with Gasteiger partial charge in [-0.05, 0) is 48.5 Å². The molecular formula is C19H33N3O6. The molecular weight excluding hydrogens is 366 g/mol. The van der Waals surface area contributed by atoms with Crippen molar-refractivity contribution >= 4 is 23.9 Å². The first-order valence-corrected chi connectivity index (χ1v) is 9.42. The fourth-order valence-electron chi connectivity index (χ4n) is 2.66. The molecule has 0 bridgehead atoms. The molecule has 1 heterocycles. The van der Waals surface area contributed by atoms with Gasteiger partial charge in [-0.15, -0.1) is 0 Å². The molecule has 3 amide bonds. The summed E-state index contributed by atoms with van der Waals surface area (Å²) in [7, 11) is 0. The van der Waals surface area contributed by atoms with Gasteiger partial charge in [-0.1, -0.05) is 0 Å². The van der Waals surface area contributed by atoms with Crippen molar-refractivity contribution in [1.82, 2.24) is 15.5 Å². The van der Waals surface area contributed by atoms with Crippen molar-refractivity contribution in [2.75, 3.05) is 13.1 Å². The Labute approximate surface area is 166 Å². The zero-order valence-corrected chi connectivity index (χ0v) is 17.9. The lowest BCUT2D eigenvalue weighted by Crippen LogP contribution is -2.52. The zero-order valence-electron chi connectivity index (χ0n) is 17.9. The summed E-state index contributed by atoms with van der Waals surface area (Å²) in [5.74, 6) is -0.279. The largest absolute Gasteiger partial charge is 0.444 e. The maximum atomic E-state index is 12.4. The fraction of sp³-hybridized carbons (Fsp3) is 0.789. The summed E-state index contributed by atoms with van der Waals surface area (Å²) >= 11 is 0. The lowest BCUT2D eigenvalue weighted by Gasteiger charge is -2.26. The van der Waals surface area contributed by atoms with E-state index in [4.69, 9.17) is 9.47 Å². The monoisotopic (exact) mass is 399 g/mol. The van der Waals surface area contributed by atoms with E-state index in [0.29, 0.717) is 0 Å². The van der Waals surface area contributed by atoms with Crippen molar-refractivity contribution in [3.63, 3.8) is 0 Å². The Kier molecular flexibility index (Phi) is 7.84. The predicted molar refractivity (Wildman–Crippen MR) is 103 cm³/mol. The van der Waals surface area contributed by atoms with Crippen molar-refractivity contribution in [3.8, 4) is 0 Å². The maximum Gasteiger partial charge on any atom is 0.408 e. The number of hydrogen-bond donors (Lipinski definition) is 2. The van der Waals surface area contributed by atoms with E-state index in [0.717, 1.165) is 0 Å². The molecule has 1 saturated heterocycles. The van der Waals surface area contributed by atoms with Crippen LogP contribution in [0.25, 0.3) is 0 Å². The van der Waals surface area contributed by atoms with Crippen LogP contribution in [0.4, 0.5) is 9.59 Å². The minimum Gasteiger partial charge on any atom is -0.444 e. The second-order valence-corrected chi connectivity index (χ2v) is 9.01. The standard InChI is InChI=1S/C19H33N3O6/c1-12(23)8-9-15(24)22-10-13(20-16(25)27-18(2,3)4)14(11-22)21-17(26)28-19(5,6)7/h13-14H,8-11H2,1-7H3,(H,20,25)(H,21,26)/t13-,14-/m0/s1. The van der Waals surface area contributed by atoms with Crippen LogP contribution in [-0.4, -0.2) is 65.2 Å².